The van der Waals surface area contributed by atoms with Crippen molar-refractivity contribution in [2.75, 3.05) is 0 Å². The third-order valence-corrected chi connectivity index (χ3v) is 3.71. The SMILES string of the molecule is CCCCCCCCCCCC(=O)NC(C)(C)C(N)=NO. The number of carbonyl (C=O) groups excluding carboxylic acids is 1. The third kappa shape index (κ3) is 10.2. The smallest absolute Gasteiger partial charge is 0.220 e. The number of amides is 1. The van der Waals surface area contributed by atoms with Crippen molar-refractivity contribution in [3.63, 3.8) is 0 Å². The lowest BCUT2D eigenvalue weighted by Crippen LogP contribution is -2.53. The van der Waals surface area contributed by atoms with Crippen molar-refractivity contribution in [1.29, 1.82) is 0 Å². The lowest BCUT2D eigenvalue weighted by Gasteiger charge is -2.24. The van der Waals surface area contributed by atoms with Gasteiger partial charge in [0.2, 0.25) is 5.91 Å². The van der Waals surface area contributed by atoms with Crippen LogP contribution in [-0.2, 0) is 4.79 Å². The highest BCUT2D eigenvalue weighted by atomic mass is 16.4. The molecule has 5 nitrogen and oxygen atoms in total. The maximum Gasteiger partial charge on any atom is 0.220 e. The predicted molar refractivity (Wildman–Crippen MR) is 87.5 cm³/mol. The van der Waals surface area contributed by atoms with E-state index in [4.69, 9.17) is 10.9 Å². The fraction of sp³-hybridized carbons (Fsp3) is 0.875. The summed E-state index contributed by atoms with van der Waals surface area (Å²) < 4.78 is 0. The molecule has 0 aliphatic rings. The van der Waals surface area contributed by atoms with Crippen LogP contribution in [-0.4, -0.2) is 22.5 Å². The highest BCUT2D eigenvalue weighted by Crippen LogP contribution is 2.11. The zero-order valence-corrected chi connectivity index (χ0v) is 14.0. The second kappa shape index (κ2) is 11.4. The first-order chi connectivity index (χ1) is 9.94. The summed E-state index contributed by atoms with van der Waals surface area (Å²) in [6.07, 6.45) is 11.6. The highest BCUT2D eigenvalue weighted by Gasteiger charge is 2.25. The Morgan fingerprint density at radius 3 is 2.00 bits per heavy atom. The van der Waals surface area contributed by atoms with Gasteiger partial charge < -0.3 is 16.3 Å². The van der Waals surface area contributed by atoms with E-state index in [1.165, 1.54) is 44.9 Å². The number of amidine groups is 1. The molecule has 0 aromatic heterocycles. The van der Waals surface area contributed by atoms with E-state index >= 15 is 0 Å². The van der Waals surface area contributed by atoms with Gasteiger partial charge in [-0.25, -0.2) is 0 Å². The molecule has 0 spiro atoms. The van der Waals surface area contributed by atoms with E-state index in [-0.39, 0.29) is 11.7 Å². The second-order valence-electron chi connectivity index (χ2n) is 6.24. The lowest BCUT2D eigenvalue weighted by molar-refractivity contribution is -0.122. The molecule has 0 aliphatic carbocycles. The van der Waals surface area contributed by atoms with Crippen LogP contribution < -0.4 is 11.1 Å². The Bertz CT molecular complexity index is 315. The molecule has 0 aliphatic heterocycles. The molecule has 0 aromatic carbocycles. The molecule has 0 bridgehead atoms. The molecule has 0 aromatic rings. The molecule has 0 atom stereocenters. The second-order valence-corrected chi connectivity index (χ2v) is 6.24. The number of rotatable bonds is 12. The summed E-state index contributed by atoms with van der Waals surface area (Å²) in [6.45, 7) is 5.67. The van der Waals surface area contributed by atoms with Gasteiger partial charge in [-0.15, -0.1) is 0 Å². The summed E-state index contributed by atoms with van der Waals surface area (Å²) >= 11 is 0. The molecule has 4 N–H and O–H groups in total. The number of nitrogens with one attached hydrogen (secondary N) is 1. The van der Waals surface area contributed by atoms with E-state index in [2.05, 4.69) is 17.4 Å². The van der Waals surface area contributed by atoms with Gasteiger partial charge >= 0.3 is 0 Å². The number of nitrogens with two attached hydrogens (primary N) is 1. The van der Waals surface area contributed by atoms with E-state index < -0.39 is 5.54 Å². The van der Waals surface area contributed by atoms with Gasteiger partial charge in [-0.1, -0.05) is 63.4 Å². The van der Waals surface area contributed by atoms with Crippen molar-refractivity contribution in [2.24, 2.45) is 10.9 Å². The molecule has 0 unspecified atom stereocenters. The van der Waals surface area contributed by atoms with Crippen LogP contribution in [0.3, 0.4) is 0 Å². The molecule has 0 fully saturated rings. The van der Waals surface area contributed by atoms with Gasteiger partial charge in [0.1, 0.15) is 0 Å². The van der Waals surface area contributed by atoms with E-state index in [0.29, 0.717) is 6.42 Å². The Morgan fingerprint density at radius 2 is 1.52 bits per heavy atom. The topological polar surface area (TPSA) is 87.7 Å². The molecule has 0 heterocycles. The predicted octanol–water partition coefficient (Wildman–Crippen LogP) is 3.55. The van der Waals surface area contributed by atoms with Crippen LogP contribution >= 0.6 is 0 Å². The highest BCUT2D eigenvalue weighted by molar-refractivity contribution is 5.93. The van der Waals surface area contributed by atoms with Gasteiger partial charge in [0.15, 0.2) is 5.84 Å². The largest absolute Gasteiger partial charge is 0.409 e. The quantitative estimate of drug-likeness (QED) is 0.169. The summed E-state index contributed by atoms with van der Waals surface area (Å²) in [5, 5.41) is 14.4. The van der Waals surface area contributed by atoms with E-state index in [9.17, 15) is 4.79 Å². The number of hydrogen-bond donors (Lipinski definition) is 3. The molecule has 0 saturated heterocycles. The van der Waals surface area contributed by atoms with Crippen molar-refractivity contribution in [2.45, 2.75) is 90.5 Å². The first-order valence-corrected chi connectivity index (χ1v) is 8.23. The van der Waals surface area contributed by atoms with Gasteiger partial charge in [0.05, 0.1) is 5.54 Å². The number of hydrogen-bond acceptors (Lipinski definition) is 3. The lowest BCUT2D eigenvalue weighted by atomic mass is 10.0. The standard InChI is InChI=1S/C16H33N3O2/c1-4-5-6-7-8-9-10-11-12-13-14(20)18-16(2,3)15(17)19-21/h21H,4-13H2,1-3H3,(H2,17,19)(H,18,20). The van der Waals surface area contributed by atoms with Gasteiger partial charge in [0.25, 0.3) is 0 Å². The van der Waals surface area contributed by atoms with Gasteiger partial charge in [-0.2, -0.15) is 0 Å². The van der Waals surface area contributed by atoms with E-state index in [1.54, 1.807) is 13.8 Å². The molecule has 124 valence electrons. The minimum atomic E-state index is -0.800. The Balaban J connectivity index is 3.59. The molecule has 0 saturated carbocycles. The minimum absolute atomic E-state index is 0.0166. The molecule has 0 radical (unpaired) electrons. The van der Waals surface area contributed by atoms with Gasteiger partial charge in [-0.3, -0.25) is 4.79 Å². The fourth-order valence-corrected chi connectivity index (χ4v) is 2.20. The van der Waals surface area contributed by atoms with Crippen LogP contribution in [0, 0.1) is 0 Å². The van der Waals surface area contributed by atoms with Crippen LogP contribution in [0.25, 0.3) is 0 Å². The van der Waals surface area contributed by atoms with Crippen molar-refractivity contribution < 1.29 is 10.0 Å². The maximum absolute atomic E-state index is 11.8. The zero-order valence-electron chi connectivity index (χ0n) is 14.0. The van der Waals surface area contributed by atoms with Crippen molar-refractivity contribution >= 4 is 11.7 Å². The van der Waals surface area contributed by atoms with Gasteiger partial charge in [-0.05, 0) is 20.3 Å². The summed E-state index contributed by atoms with van der Waals surface area (Å²) in [5.74, 6) is -0.0301. The van der Waals surface area contributed by atoms with Crippen LogP contribution in [0.15, 0.2) is 5.16 Å². The third-order valence-electron chi connectivity index (χ3n) is 3.71. The molecular weight excluding hydrogens is 266 g/mol. The first-order valence-electron chi connectivity index (χ1n) is 8.23. The summed E-state index contributed by atoms with van der Waals surface area (Å²) in [4.78, 5) is 11.8. The van der Waals surface area contributed by atoms with Crippen molar-refractivity contribution in [3.05, 3.63) is 0 Å². The van der Waals surface area contributed by atoms with Crippen LogP contribution in [0.4, 0.5) is 0 Å². The number of nitrogens with zero attached hydrogens (tertiary/aromatic N) is 1. The summed E-state index contributed by atoms with van der Waals surface area (Å²) in [6, 6.07) is 0. The van der Waals surface area contributed by atoms with Crippen LogP contribution in [0.5, 0.6) is 0 Å². The molecule has 1 amide bonds. The Morgan fingerprint density at radius 1 is 1.05 bits per heavy atom. The van der Waals surface area contributed by atoms with Crippen molar-refractivity contribution in [3.8, 4) is 0 Å². The molecule has 5 heteroatoms. The maximum atomic E-state index is 11.8. The Kier molecular flexibility index (Phi) is 10.7. The van der Waals surface area contributed by atoms with E-state index in [1.807, 2.05) is 0 Å². The number of unbranched alkanes of at least 4 members (excludes halogenated alkanes) is 8. The number of carbonyl (C=O) groups is 1. The number of oxime groups is 1. The van der Waals surface area contributed by atoms with Crippen LogP contribution in [0.2, 0.25) is 0 Å². The van der Waals surface area contributed by atoms with Crippen LogP contribution in [0.1, 0.15) is 85.0 Å². The van der Waals surface area contributed by atoms with Gasteiger partial charge in [0, 0.05) is 6.42 Å². The normalized spacial score (nSPS) is 12.4. The average Bonchev–Trinajstić information content (AvgIpc) is 2.44. The molecule has 21 heavy (non-hydrogen) atoms. The minimum Gasteiger partial charge on any atom is -0.409 e. The fourth-order valence-electron chi connectivity index (χ4n) is 2.20. The monoisotopic (exact) mass is 299 g/mol. The molecular formula is C16H33N3O2. The Hall–Kier alpha value is -1.26. The first kappa shape index (κ1) is 19.7. The summed E-state index contributed by atoms with van der Waals surface area (Å²) in [7, 11) is 0. The molecule has 0 rings (SSSR count). The Labute approximate surface area is 129 Å². The summed E-state index contributed by atoms with van der Waals surface area (Å²) in [5.41, 5.74) is 4.73. The zero-order chi connectivity index (χ0) is 16.1. The van der Waals surface area contributed by atoms with E-state index in [0.717, 1.165) is 12.8 Å². The average molecular weight is 299 g/mol. The van der Waals surface area contributed by atoms with Crippen molar-refractivity contribution in [1.82, 2.24) is 5.32 Å².